The summed E-state index contributed by atoms with van der Waals surface area (Å²) in [5.41, 5.74) is 0.857. The molecule has 2 aromatic rings. The van der Waals surface area contributed by atoms with E-state index in [0.29, 0.717) is 17.2 Å². The molecule has 0 saturated heterocycles. The number of benzene rings is 2. The Morgan fingerprint density at radius 1 is 1.11 bits per heavy atom. The fraction of sp³-hybridized carbons (Fsp3) is 0.462. The minimum atomic E-state index is -3.61. The summed E-state index contributed by atoms with van der Waals surface area (Å²) in [6, 6.07) is 11.8. The lowest BCUT2D eigenvalue weighted by atomic mass is 10.1. The zero-order valence-corrected chi connectivity index (χ0v) is 24.2. The number of carbonyl (C=O) groups is 2. The molecule has 1 unspecified atom stereocenters. The Balaban J connectivity index is 1.74. The fourth-order valence-electron chi connectivity index (χ4n) is 3.93. The molecule has 202 valence electrons. The predicted molar refractivity (Wildman–Crippen MR) is 146 cm³/mol. The van der Waals surface area contributed by atoms with Crippen molar-refractivity contribution >= 4 is 43.5 Å². The Morgan fingerprint density at radius 3 is 2.46 bits per heavy atom. The molecule has 1 atom stereocenters. The first-order chi connectivity index (χ1) is 17.2. The van der Waals surface area contributed by atoms with Gasteiger partial charge in [0, 0.05) is 35.6 Å². The van der Waals surface area contributed by atoms with Gasteiger partial charge in [-0.3, -0.25) is 13.9 Å². The average molecular weight is 597 g/mol. The predicted octanol–water partition coefficient (Wildman–Crippen LogP) is 4.06. The standard InChI is InChI=1S/C26H34BrN3O6S/c1-18(25(32)28-26(2,3)4)29(16-19-8-6-9-20(27)14-19)24(31)10-7-13-30(37(5,33)34)21-11-12-22-23(15-21)36-17-35-22/h6,8-9,11-12,14-15,18H,7,10,13,16-17H2,1-5H3,(H,28,32). The third-order valence-corrected chi connectivity index (χ3v) is 7.39. The average Bonchev–Trinajstić information content (AvgIpc) is 3.25. The summed E-state index contributed by atoms with van der Waals surface area (Å²) in [6.45, 7) is 7.77. The molecule has 1 N–H and O–H groups in total. The molecule has 0 aliphatic carbocycles. The van der Waals surface area contributed by atoms with E-state index in [1.54, 1.807) is 25.1 Å². The number of sulfonamides is 1. The van der Waals surface area contributed by atoms with E-state index in [2.05, 4.69) is 21.2 Å². The zero-order valence-electron chi connectivity index (χ0n) is 21.8. The van der Waals surface area contributed by atoms with E-state index in [-0.39, 0.29) is 44.5 Å². The molecule has 0 fully saturated rings. The van der Waals surface area contributed by atoms with Gasteiger partial charge in [-0.25, -0.2) is 8.42 Å². The number of nitrogens with one attached hydrogen (secondary N) is 1. The molecule has 9 nitrogen and oxygen atoms in total. The van der Waals surface area contributed by atoms with Gasteiger partial charge in [-0.05, 0) is 63.9 Å². The van der Waals surface area contributed by atoms with Crippen LogP contribution in [0.5, 0.6) is 11.5 Å². The normalized spacial score (nSPS) is 13.7. The van der Waals surface area contributed by atoms with E-state index in [0.717, 1.165) is 16.3 Å². The topological polar surface area (TPSA) is 105 Å². The smallest absolute Gasteiger partial charge is 0.242 e. The lowest BCUT2D eigenvalue weighted by Gasteiger charge is -2.32. The maximum atomic E-state index is 13.4. The highest BCUT2D eigenvalue weighted by atomic mass is 79.9. The maximum absolute atomic E-state index is 13.4. The van der Waals surface area contributed by atoms with E-state index < -0.39 is 21.6 Å². The second kappa shape index (κ2) is 11.7. The third kappa shape index (κ3) is 8.10. The molecule has 0 spiro atoms. The van der Waals surface area contributed by atoms with E-state index in [9.17, 15) is 18.0 Å². The molecule has 1 heterocycles. The van der Waals surface area contributed by atoms with Crippen LogP contribution >= 0.6 is 15.9 Å². The van der Waals surface area contributed by atoms with Gasteiger partial charge in [0.1, 0.15) is 6.04 Å². The maximum Gasteiger partial charge on any atom is 0.242 e. The number of anilines is 1. The van der Waals surface area contributed by atoms with Crippen molar-refractivity contribution < 1.29 is 27.5 Å². The van der Waals surface area contributed by atoms with Crippen molar-refractivity contribution in [1.29, 1.82) is 0 Å². The summed E-state index contributed by atoms with van der Waals surface area (Å²) >= 11 is 3.45. The lowest BCUT2D eigenvalue weighted by molar-refractivity contribution is -0.141. The van der Waals surface area contributed by atoms with Crippen LogP contribution in [0.3, 0.4) is 0 Å². The lowest BCUT2D eigenvalue weighted by Crippen LogP contribution is -2.52. The highest BCUT2D eigenvalue weighted by Gasteiger charge is 2.29. The molecule has 3 rings (SSSR count). The van der Waals surface area contributed by atoms with Crippen LogP contribution in [0.15, 0.2) is 46.9 Å². The molecule has 37 heavy (non-hydrogen) atoms. The molecule has 0 saturated carbocycles. The first-order valence-electron chi connectivity index (χ1n) is 12.0. The fourth-order valence-corrected chi connectivity index (χ4v) is 5.34. The third-order valence-electron chi connectivity index (χ3n) is 5.70. The van der Waals surface area contributed by atoms with Gasteiger partial charge in [0.25, 0.3) is 0 Å². The van der Waals surface area contributed by atoms with E-state index in [1.165, 1.54) is 9.21 Å². The summed E-state index contributed by atoms with van der Waals surface area (Å²) in [5, 5.41) is 2.94. The molecule has 2 aromatic carbocycles. The summed E-state index contributed by atoms with van der Waals surface area (Å²) < 4.78 is 37.9. The Morgan fingerprint density at radius 2 is 1.81 bits per heavy atom. The molecule has 1 aliphatic rings. The van der Waals surface area contributed by atoms with Crippen molar-refractivity contribution in [3.8, 4) is 11.5 Å². The summed E-state index contributed by atoms with van der Waals surface area (Å²) in [6.07, 6.45) is 1.46. The Bertz CT molecular complexity index is 1250. The number of nitrogens with zero attached hydrogens (tertiary/aromatic N) is 2. The van der Waals surface area contributed by atoms with E-state index >= 15 is 0 Å². The van der Waals surface area contributed by atoms with Gasteiger partial charge in [-0.2, -0.15) is 0 Å². The summed E-state index contributed by atoms with van der Waals surface area (Å²) in [4.78, 5) is 27.9. The Hall–Kier alpha value is -2.79. The minimum Gasteiger partial charge on any atom is -0.454 e. The first-order valence-corrected chi connectivity index (χ1v) is 14.6. The van der Waals surface area contributed by atoms with Crippen LogP contribution in [0.4, 0.5) is 5.69 Å². The number of halogens is 1. The molecule has 2 amide bonds. The molecule has 0 aromatic heterocycles. The van der Waals surface area contributed by atoms with Crippen molar-refractivity contribution in [3.63, 3.8) is 0 Å². The second-order valence-electron chi connectivity index (χ2n) is 10.0. The van der Waals surface area contributed by atoms with Crippen molar-refractivity contribution in [1.82, 2.24) is 10.2 Å². The molecule has 0 radical (unpaired) electrons. The molecule has 0 bridgehead atoms. The molecular formula is C26H34BrN3O6S. The summed E-state index contributed by atoms with van der Waals surface area (Å²) in [5.74, 6) is 0.531. The van der Waals surface area contributed by atoms with Crippen LogP contribution < -0.4 is 19.1 Å². The molecule has 11 heteroatoms. The molecular weight excluding hydrogens is 562 g/mol. The number of fused-ring (bicyclic) bond motifs is 1. The van der Waals surface area contributed by atoms with Gasteiger partial charge < -0.3 is 19.7 Å². The van der Waals surface area contributed by atoms with Gasteiger partial charge in [0.05, 0.1) is 11.9 Å². The van der Waals surface area contributed by atoms with E-state index in [4.69, 9.17) is 9.47 Å². The number of rotatable bonds is 10. The van der Waals surface area contributed by atoms with Crippen LogP contribution in [-0.2, 0) is 26.2 Å². The SMILES string of the molecule is CC(C(=O)NC(C)(C)C)N(Cc1cccc(Br)c1)C(=O)CCCN(c1ccc2c(c1)OCO2)S(C)(=O)=O. The Kier molecular flexibility index (Phi) is 9.12. The minimum absolute atomic E-state index is 0.0672. The van der Waals surface area contributed by atoms with Crippen LogP contribution in [0.2, 0.25) is 0 Å². The zero-order chi connectivity index (χ0) is 27.4. The van der Waals surface area contributed by atoms with Crippen LogP contribution in [-0.4, -0.2) is 56.3 Å². The van der Waals surface area contributed by atoms with Crippen molar-refractivity contribution in [3.05, 3.63) is 52.5 Å². The van der Waals surface area contributed by atoms with Gasteiger partial charge in [0.15, 0.2) is 11.5 Å². The largest absolute Gasteiger partial charge is 0.454 e. The highest BCUT2D eigenvalue weighted by Crippen LogP contribution is 2.36. The van der Waals surface area contributed by atoms with Crippen LogP contribution in [0.25, 0.3) is 0 Å². The molecule has 1 aliphatic heterocycles. The van der Waals surface area contributed by atoms with Crippen molar-refractivity contribution in [2.75, 3.05) is 23.9 Å². The quantitative estimate of drug-likeness (QED) is 0.444. The van der Waals surface area contributed by atoms with Crippen molar-refractivity contribution in [2.24, 2.45) is 0 Å². The second-order valence-corrected chi connectivity index (χ2v) is 12.9. The Labute approximate surface area is 227 Å². The summed E-state index contributed by atoms with van der Waals surface area (Å²) in [7, 11) is -3.61. The number of amides is 2. The number of carbonyl (C=O) groups excluding carboxylic acids is 2. The van der Waals surface area contributed by atoms with Gasteiger partial charge in [-0.15, -0.1) is 0 Å². The van der Waals surface area contributed by atoms with Gasteiger partial charge in [0.2, 0.25) is 28.6 Å². The van der Waals surface area contributed by atoms with Crippen molar-refractivity contribution in [2.45, 2.75) is 58.7 Å². The number of hydrogen-bond donors (Lipinski definition) is 1. The van der Waals surface area contributed by atoms with Crippen LogP contribution in [0, 0.1) is 0 Å². The number of ether oxygens (including phenoxy) is 2. The van der Waals surface area contributed by atoms with Gasteiger partial charge >= 0.3 is 0 Å². The first kappa shape index (κ1) is 28.8. The van der Waals surface area contributed by atoms with Crippen LogP contribution in [0.1, 0.15) is 46.1 Å². The monoisotopic (exact) mass is 595 g/mol. The van der Waals surface area contributed by atoms with Gasteiger partial charge in [-0.1, -0.05) is 28.1 Å². The number of hydrogen-bond acceptors (Lipinski definition) is 6. The van der Waals surface area contributed by atoms with E-state index in [1.807, 2.05) is 45.0 Å². The highest BCUT2D eigenvalue weighted by molar-refractivity contribution is 9.10.